The van der Waals surface area contributed by atoms with Crippen molar-refractivity contribution < 1.29 is 13.9 Å². The molecule has 3 nitrogen and oxygen atoms in total. The van der Waals surface area contributed by atoms with E-state index < -0.39 is 0 Å². The van der Waals surface area contributed by atoms with Crippen LogP contribution in [-0.4, -0.2) is 38.3 Å². The summed E-state index contributed by atoms with van der Waals surface area (Å²) >= 11 is 6.13. The smallest absolute Gasteiger partial charge is 0.165 e. The molecule has 3 aromatic carbocycles. The topological polar surface area (TPSA) is 21.7 Å². The van der Waals surface area contributed by atoms with Gasteiger partial charge in [0.05, 0.1) is 7.11 Å². The summed E-state index contributed by atoms with van der Waals surface area (Å²) in [7, 11) is 1.46. The van der Waals surface area contributed by atoms with Gasteiger partial charge in [-0.3, -0.25) is 0 Å². The van der Waals surface area contributed by atoms with Gasteiger partial charge < -0.3 is 14.4 Å². The first-order valence-corrected chi connectivity index (χ1v) is 11.6. The predicted octanol–water partition coefficient (Wildman–Crippen LogP) is 7.19. The molecule has 0 saturated carbocycles. The monoisotopic (exact) mass is 467 g/mol. The lowest BCUT2D eigenvalue weighted by Crippen LogP contribution is -2.27. The van der Waals surface area contributed by atoms with Crippen LogP contribution in [0.3, 0.4) is 0 Å². The molecular weight excluding hydrogens is 437 g/mol. The molecule has 3 aromatic rings. The molecule has 0 atom stereocenters. The lowest BCUT2D eigenvalue weighted by atomic mass is 9.90. The number of ether oxygens (including phenoxy) is 2. The van der Waals surface area contributed by atoms with E-state index in [2.05, 4.69) is 18.7 Å². The minimum Gasteiger partial charge on any atom is -0.494 e. The molecule has 0 saturated heterocycles. The van der Waals surface area contributed by atoms with Crippen LogP contribution in [0.15, 0.2) is 66.7 Å². The van der Waals surface area contributed by atoms with Gasteiger partial charge in [0.2, 0.25) is 0 Å². The van der Waals surface area contributed by atoms with Crippen LogP contribution >= 0.6 is 11.6 Å². The second-order valence-corrected chi connectivity index (χ2v) is 8.19. The third-order valence-electron chi connectivity index (χ3n) is 5.81. The molecule has 33 heavy (non-hydrogen) atoms. The van der Waals surface area contributed by atoms with E-state index in [1.165, 1.54) is 13.2 Å². The summed E-state index contributed by atoms with van der Waals surface area (Å²) in [6.45, 7) is 9.87. The number of hydrogen-bond donors (Lipinski definition) is 0. The summed E-state index contributed by atoms with van der Waals surface area (Å²) in [5.41, 5.74) is 4.77. The van der Waals surface area contributed by atoms with Crippen LogP contribution in [0, 0.1) is 5.82 Å². The first-order valence-electron chi connectivity index (χ1n) is 11.2. The fourth-order valence-corrected chi connectivity index (χ4v) is 3.94. The third kappa shape index (κ3) is 6.37. The predicted molar refractivity (Wildman–Crippen MR) is 136 cm³/mol. The van der Waals surface area contributed by atoms with Crippen molar-refractivity contribution in [2.45, 2.75) is 20.8 Å². The number of nitrogens with zero attached hydrogens (tertiary/aromatic N) is 1. The van der Waals surface area contributed by atoms with Crippen LogP contribution in [0.2, 0.25) is 5.02 Å². The summed E-state index contributed by atoms with van der Waals surface area (Å²) < 4.78 is 25.4. The van der Waals surface area contributed by atoms with E-state index in [0.29, 0.717) is 11.6 Å². The Kier molecular flexibility index (Phi) is 8.93. The molecule has 0 N–H and O–H groups in total. The molecule has 0 aliphatic heterocycles. The number of benzene rings is 3. The number of halogens is 2. The highest BCUT2D eigenvalue weighted by molar-refractivity contribution is 6.30. The van der Waals surface area contributed by atoms with E-state index in [1.807, 2.05) is 61.5 Å². The Labute approximate surface area is 201 Å². The summed E-state index contributed by atoms with van der Waals surface area (Å²) in [5.74, 6) is 0.669. The molecule has 0 amide bonds. The number of likely N-dealkylation sites (N-methyl/N-ethyl adjacent to an activating group) is 1. The average Bonchev–Trinajstić information content (AvgIpc) is 2.84. The van der Waals surface area contributed by atoms with E-state index in [1.54, 1.807) is 6.07 Å². The molecule has 0 aliphatic carbocycles. The zero-order valence-corrected chi connectivity index (χ0v) is 20.5. The maximum absolute atomic E-state index is 14.4. The summed E-state index contributed by atoms with van der Waals surface area (Å²) in [6, 6.07) is 20.8. The van der Waals surface area contributed by atoms with Crippen molar-refractivity contribution in [2.75, 3.05) is 33.4 Å². The minimum absolute atomic E-state index is 0.228. The second kappa shape index (κ2) is 11.9. The number of rotatable bonds is 10. The van der Waals surface area contributed by atoms with Crippen molar-refractivity contribution in [3.63, 3.8) is 0 Å². The zero-order chi connectivity index (χ0) is 23.8. The van der Waals surface area contributed by atoms with Crippen molar-refractivity contribution in [3.05, 3.63) is 94.3 Å². The second-order valence-electron chi connectivity index (χ2n) is 7.76. The first kappa shape index (κ1) is 24.8. The Morgan fingerprint density at radius 2 is 1.45 bits per heavy atom. The number of allylic oxidation sites excluding steroid dienone is 1. The van der Waals surface area contributed by atoms with Crippen LogP contribution in [0.4, 0.5) is 4.39 Å². The van der Waals surface area contributed by atoms with E-state index in [-0.39, 0.29) is 11.6 Å². The molecule has 0 fully saturated rings. The summed E-state index contributed by atoms with van der Waals surface area (Å²) in [4.78, 5) is 2.33. The van der Waals surface area contributed by atoms with Gasteiger partial charge in [-0.05, 0) is 84.2 Å². The lowest BCUT2D eigenvalue weighted by molar-refractivity contribution is 0.223. The van der Waals surface area contributed by atoms with Gasteiger partial charge in [-0.2, -0.15) is 0 Å². The third-order valence-corrected chi connectivity index (χ3v) is 6.06. The normalized spacial score (nSPS) is 12.0. The van der Waals surface area contributed by atoms with Gasteiger partial charge in [0.1, 0.15) is 12.4 Å². The van der Waals surface area contributed by atoms with Gasteiger partial charge in [-0.25, -0.2) is 4.39 Å². The largest absolute Gasteiger partial charge is 0.494 e. The standard InChI is InChI=1S/C28H31ClFNO2/c1-5-31(6-2)17-18-33-25-14-9-22(10-15-25)28(21-7-12-24(29)13-8-21)20(3)23-11-16-27(32-4)26(30)19-23/h7-16,19H,5-6,17-18H2,1-4H3/b28-20+. The molecule has 0 radical (unpaired) electrons. The number of methoxy groups -OCH3 is 1. The van der Waals surface area contributed by atoms with E-state index in [4.69, 9.17) is 21.1 Å². The highest BCUT2D eigenvalue weighted by atomic mass is 35.5. The molecule has 0 unspecified atom stereocenters. The minimum atomic E-state index is -0.387. The van der Waals surface area contributed by atoms with Crippen molar-refractivity contribution in [3.8, 4) is 11.5 Å². The Morgan fingerprint density at radius 1 is 0.879 bits per heavy atom. The molecule has 0 aromatic heterocycles. The van der Waals surface area contributed by atoms with E-state index >= 15 is 0 Å². The fraction of sp³-hybridized carbons (Fsp3) is 0.286. The zero-order valence-electron chi connectivity index (χ0n) is 19.7. The SMILES string of the molecule is CCN(CC)CCOc1ccc(/C(=C(\C)c2ccc(OC)c(F)c2)c2ccc(Cl)cc2)cc1. The number of hydrogen-bond acceptors (Lipinski definition) is 3. The van der Waals surface area contributed by atoms with Gasteiger partial charge in [0.15, 0.2) is 11.6 Å². The van der Waals surface area contributed by atoms with Gasteiger partial charge in [-0.15, -0.1) is 0 Å². The van der Waals surface area contributed by atoms with Crippen molar-refractivity contribution >= 4 is 22.7 Å². The molecule has 0 bridgehead atoms. The van der Waals surface area contributed by atoms with Crippen molar-refractivity contribution in [1.29, 1.82) is 0 Å². The summed E-state index contributed by atoms with van der Waals surface area (Å²) in [6.07, 6.45) is 0. The molecule has 5 heteroatoms. The fourth-order valence-electron chi connectivity index (χ4n) is 3.81. The molecule has 0 spiro atoms. The van der Waals surface area contributed by atoms with E-state index in [9.17, 15) is 4.39 Å². The first-order chi connectivity index (χ1) is 16.0. The maximum Gasteiger partial charge on any atom is 0.165 e. The Morgan fingerprint density at radius 3 is 2.00 bits per heavy atom. The van der Waals surface area contributed by atoms with Crippen LogP contribution in [0.25, 0.3) is 11.1 Å². The van der Waals surface area contributed by atoms with Crippen LogP contribution in [0.1, 0.15) is 37.5 Å². The van der Waals surface area contributed by atoms with Gasteiger partial charge in [0.25, 0.3) is 0 Å². The Bertz CT molecular complexity index is 1070. The highest BCUT2D eigenvalue weighted by Gasteiger charge is 2.13. The molecular formula is C28H31ClFNO2. The van der Waals surface area contributed by atoms with E-state index in [0.717, 1.165) is 53.2 Å². The quantitative estimate of drug-likeness (QED) is 0.294. The van der Waals surface area contributed by atoms with Gasteiger partial charge in [0, 0.05) is 11.6 Å². The highest BCUT2D eigenvalue weighted by Crippen LogP contribution is 2.34. The molecule has 0 heterocycles. The van der Waals surface area contributed by atoms with Crippen molar-refractivity contribution in [1.82, 2.24) is 4.90 Å². The Hall–Kier alpha value is -2.82. The van der Waals surface area contributed by atoms with Crippen LogP contribution in [-0.2, 0) is 0 Å². The van der Waals surface area contributed by atoms with Gasteiger partial charge >= 0.3 is 0 Å². The molecule has 174 valence electrons. The van der Waals surface area contributed by atoms with Crippen molar-refractivity contribution in [2.24, 2.45) is 0 Å². The average molecular weight is 468 g/mol. The van der Waals surface area contributed by atoms with Crippen LogP contribution in [0.5, 0.6) is 11.5 Å². The van der Waals surface area contributed by atoms with Crippen LogP contribution < -0.4 is 9.47 Å². The lowest BCUT2D eigenvalue weighted by Gasteiger charge is -2.18. The molecule has 0 aliphatic rings. The maximum atomic E-state index is 14.4. The Balaban J connectivity index is 1.94. The van der Waals surface area contributed by atoms with Gasteiger partial charge in [-0.1, -0.05) is 55.8 Å². The molecule has 3 rings (SSSR count). The summed E-state index contributed by atoms with van der Waals surface area (Å²) in [5, 5.41) is 0.670.